The smallest absolute Gasteiger partial charge is 0.119 e. The van der Waals surface area contributed by atoms with Crippen molar-refractivity contribution in [2.24, 2.45) is 0 Å². The zero-order valence-electron chi connectivity index (χ0n) is 12.4. The molecule has 0 atom stereocenters. The molecule has 0 fully saturated rings. The Balaban J connectivity index is 2.48. The van der Waals surface area contributed by atoms with E-state index in [1.165, 1.54) is 0 Å². The minimum Gasteiger partial charge on any atom is -0.493 e. The van der Waals surface area contributed by atoms with E-state index < -0.39 is 5.60 Å². The number of methoxy groups -OCH3 is 1. The van der Waals surface area contributed by atoms with Crippen molar-refractivity contribution in [3.05, 3.63) is 28.2 Å². The van der Waals surface area contributed by atoms with E-state index >= 15 is 0 Å². The van der Waals surface area contributed by atoms with Gasteiger partial charge in [-0.15, -0.1) is 0 Å². The Morgan fingerprint density at radius 1 is 1.30 bits per heavy atom. The first-order chi connectivity index (χ1) is 9.42. The summed E-state index contributed by atoms with van der Waals surface area (Å²) in [7, 11) is 1.69. The van der Waals surface area contributed by atoms with Gasteiger partial charge >= 0.3 is 0 Å². The summed E-state index contributed by atoms with van der Waals surface area (Å²) >= 11 is 3.53. The number of halogens is 1. The summed E-state index contributed by atoms with van der Waals surface area (Å²) in [4.78, 5) is 0. The highest BCUT2D eigenvalue weighted by Crippen LogP contribution is 2.23. The highest BCUT2D eigenvalue weighted by molar-refractivity contribution is 9.10. The Morgan fingerprint density at radius 3 is 2.70 bits per heavy atom. The fourth-order valence-electron chi connectivity index (χ4n) is 1.59. The molecule has 0 spiro atoms. The van der Waals surface area contributed by atoms with Crippen LogP contribution in [0.2, 0.25) is 0 Å². The van der Waals surface area contributed by atoms with Crippen molar-refractivity contribution in [2.45, 2.75) is 32.4 Å². The van der Waals surface area contributed by atoms with Crippen molar-refractivity contribution in [2.75, 3.05) is 26.9 Å². The van der Waals surface area contributed by atoms with Crippen LogP contribution in [0.4, 0.5) is 0 Å². The third-order valence-electron chi connectivity index (χ3n) is 2.80. The molecule has 0 radical (unpaired) electrons. The van der Waals surface area contributed by atoms with E-state index in [0.717, 1.165) is 28.9 Å². The lowest BCUT2D eigenvalue weighted by Gasteiger charge is -2.17. The van der Waals surface area contributed by atoms with E-state index in [4.69, 9.17) is 9.47 Å². The van der Waals surface area contributed by atoms with Crippen molar-refractivity contribution in [1.29, 1.82) is 0 Å². The van der Waals surface area contributed by atoms with Crippen molar-refractivity contribution < 1.29 is 14.6 Å². The summed E-state index contributed by atoms with van der Waals surface area (Å²) in [6, 6.07) is 5.91. The Labute approximate surface area is 129 Å². The maximum Gasteiger partial charge on any atom is 0.119 e. The summed E-state index contributed by atoms with van der Waals surface area (Å²) < 4.78 is 11.7. The summed E-state index contributed by atoms with van der Waals surface area (Å²) in [5.41, 5.74) is 0.446. The molecule has 5 heteroatoms. The Hall–Kier alpha value is -0.620. The van der Waals surface area contributed by atoms with Gasteiger partial charge in [-0.3, -0.25) is 0 Å². The molecule has 0 heterocycles. The van der Waals surface area contributed by atoms with E-state index in [1.54, 1.807) is 21.0 Å². The highest BCUT2D eigenvalue weighted by atomic mass is 79.9. The van der Waals surface area contributed by atoms with Crippen LogP contribution in [0, 0.1) is 0 Å². The molecule has 114 valence electrons. The maximum atomic E-state index is 9.65. The first-order valence-corrected chi connectivity index (χ1v) is 7.55. The molecular formula is C15H24BrNO3. The largest absolute Gasteiger partial charge is 0.493 e. The molecule has 0 aliphatic heterocycles. The van der Waals surface area contributed by atoms with Gasteiger partial charge in [0.05, 0.1) is 18.8 Å². The molecule has 0 aliphatic carbocycles. The molecule has 1 aromatic carbocycles. The fourth-order valence-corrected chi connectivity index (χ4v) is 1.98. The predicted octanol–water partition coefficient (Wildman–Crippen LogP) is 2.72. The molecule has 0 bridgehead atoms. The summed E-state index contributed by atoms with van der Waals surface area (Å²) in [5.74, 6) is 0.820. The average molecular weight is 346 g/mol. The molecule has 1 aromatic rings. The minimum atomic E-state index is -0.695. The van der Waals surface area contributed by atoms with E-state index in [2.05, 4.69) is 21.2 Å². The van der Waals surface area contributed by atoms with Crippen LogP contribution >= 0.6 is 15.9 Å². The number of ether oxygens (including phenoxy) is 2. The van der Waals surface area contributed by atoms with Crippen LogP contribution in [0.5, 0.6) is 5.75 Å². The molecular weight excluding hydrogens is 322 g/mol. The van der Waals surface area contributed by atoms with E-state index in [1.807, 2.05) is 18.2 Å². The molecule has 20 heavy (non-hydrogen) atoms. The van der Waals surface area contributed by atoms with Gasteiger partial charge in [0.2, 0.25) is 0 Å². The molecule has 1 rings (SSSR count). The Bertz CT molecular complexity index is 405. The average Bonchev–Trinajstić information content (AvgIpc) is 2.36. The van der Waals surface area contributed by atoms with Gasteiger partial charge in [-0.1, -0.05) is 15.9 Å². The van der Waals surface area contributed by atoms with Crippen LogP contribution in [0.3, 0.4) is 0 Å². The zero-order chi connectivity index (χ0) is 15.0. The lowest BCUT2D eigenvalue weighted by atomic mass is 10.1. The van der Waals surface area contributed by atoms with Gasteiger partial charge < -0.3 is 19.9 Å². The van der Waals surface area contributed by atoms with Gasteiger partial charge in [0.1, 0.15) is 5.75 Å². The summed E-state index contributed by atoms with van der Waals surface area (Å²) in [6.45, 7) is 6.33. The Kier molecular flexibility index (Phi) is 7.51. The number of rotatable bonds is 9. The lowest BCUT2D eigenvalue weighted by Crippen LogP contribution is -2.22. The van der Waals surface area contributed by atoms with E-state index in [9.17, 15) is 5.11 Å². The summed E-state index contributed by atoms with van der Waals surface area (Å²) in [5, 5.41) is 13.0. The van der Waals surface area contributed by atoms with Crippen molar-refractivity contribution in [1.82, 2.24) is 5.32 Å². The van der Waals surface area contributed by atoms with Crippen molar-refractivity contribution in [3.8, 4) is 5.75 Å². The second-order valence-corrected chi connectivity index (χ2v) is 6.19. The highest BCUT2D eigenvalue weighted by Gasteiger charge is 2.12. The fraction of sp³-hybridized carbons (Fsp3) is 0.600. The van der Waals surface area contributed by atoms with Crippen molar-refractivity contribution in [3.63, 3.8) is 0 Å². The van der Waals surface area contributed by atoms with Gasteiger partial charge in [-0.25, -0.2) is 0 Å². The first kappa shape index (κ1) is 17.4. The standard InChI is InChI=1S/C15H24BrNO3/c1-15(2,18)6-8-20-13-4-5-14(16)12(10-13)11-17-7-9-19-3/h4-5,10,17-18H,6-9,11H2,1-3H3. The van der Waals surface area contributed by atoms with Gasteiger partial charge in [0.15, 0.2) is 0 Å². The van der Waals surface area contributed by atoms with E-state index in [0.29, 0.717) is 19.6 Å². The second-order valence-electron chi connectivity index (χ2n) is 5.33. The second kappa shape index (κ2) is 8.62. The zero-order valence-corrected chi connectivity index (χ0v) is 14.0. The van der Waals surface area contributed by atoms with Crippen LogP contribution in [0.1, 0.15) is 25.8 Å². The third kappa shape index (κ3) is 7.24. The van der Waals surface area contributed by atoms with Gasteiger partial charge in [0, 0.05) is 31.1 Å². The molecule has 0 unspecified atom stereocenters. The van der Waals surface area contributed by atoms with Crippen LogP contribution in [0.15, 0.2) is 22.7 Å². The monoisotopic (exact) mass is 345 g/mol. The van der Waals surface area contributed by atoms with Crippen LogP contribution in [-0.4, -0.2) is 37.6 Å². The molecule has 2 N–H and O–H groups in total. The molecule has 0 saturated carbocycles. The quantitative estimate of drug-likeness (QED) is 0.675. The van der Waals surface area contributed by atoms with E-state index in [-0.39, 0.29) is 0 Å². The van der Waals surface area contributed by atoms with Crippen LogP contribution in [-0.2, 0) is 11.3 Å². The van der Waals surface area contributed by atoms with Gasteiger partial charge in [0.25, 0.3) is 0 Å². The first-order valence-electron chi connectivity index (χ1n) is 6.75. The molecule has 0 saturated heterocycles. The maximum absolute atomic E-state index is 9.65. The minimum absolute atomic E-state index is 0.502. The number of aliphatic hydroxyl groups is 1. The van der Waals surface area contributed by atoms with Gasteiger partial charge in [-0.2, -0.15) is 0 Å². The SMILES string of the molecule is COCCNCc1cc(OCCC(C)(C)O)ccc1Br. The van der Waals surface area contributed by atoms with Crippen LogP contribution in [0.25, 0.3) is 0 Å². The van der Waals surface area contributed by atoms with Crippen molar-refractivity contribution >= 4 is 15.9 Å². The molecule has 0 aliphatic rings. The molecule has 0 amide bonds. The van der Waals surface area contributed by atoms with Crippen LogP contribution < -0.4 is 10.1 Å². The number of hydrogen-bond acceptors (Lipinski definition) is 4. The topological polar surface area (TPSA) is 50.7 Å². The Morgan fingerprint density at radius 2 is 2.05 bits per heavy atom. The number of nitrogens with one attached hydrogen (secondary N) is 1. The normalized spacial score (nSPS) is 11.7. The number of hydrogen-bond donors (Lipinski definition) is 2. The third-order valence-corrected chi connectivity index (χ3v) is 3.57. The molecule has 4 nitrogen and oxygen atoms in total. The summed E-state index contributed by atoms with van der Waals surface area (Å²) in [6.07, 6.45) is 0.602. The molecule has 0 aromatic heterocycles. The lowest BCUT2D eigenvalue weighted by molar-refractivity contribution is 0.0553. The predicted molar refractivity (Wildman–Crippen MR) is 84.1 cm³/mol. The number of benzene rings is 1. The van der Waals surface area contributed by atoms with Gasteiger partial charge in [-0.05, 0) is 37.6 Å².